The number of rotatable bonds is 1. The van der Waals surface area contributed by atoms with E-state index in [2.05, 4.69) is 10.3 Å². The van der Waals surface area contributed by atoms with Crippen LogP contribution in [-0.4, -0.2) is 4.98 Å². The summed E-state index contributed by atoms with van der Waals surface area (Å²) in [7, 11) is 0. The van der Waals surface area contributed by atoms with E-state index in [4.69, 9.17) is 0 Å². The third kappa shape index (κ3) is 6.24. The molecule has 0 N–H and O–H groups in total. The van der Waals surface area contributed by atoms with Gasteiger partial charge in [-0.2, -0.15) is 0 Å². The third-order valence-corrected chi connectivity index (χ3v) is 1.99. The molecule has 0 saturated heterocycles. The molecule has 96 valence electrons. The monoisotopic (exact) mass is 456 g/mol. The number of pyridine rings is 1. The van der Waals surface area contributed by atoms with Crippen LogP contribution in [0.3, 0.4) is 0 Å². The zero-order valence-corrected chi connectivity index (χ0v) is 15.5. The van der Waals surface area contributed by atoms with Crippen molar-refractivity contribution in [3.8, 4) is 0 Å². The molecule has 0 bridgehead atoms. The van der Waals surface area contributed by atoms with Crippen LogP contribution in [0.15, 0.2) is 54.4 Å². The molecular formula is C14H19LaN2Ru. The molecule has 2 heterocycles. The van der Waals surface area contributed by atoms with Crippen molar-refractivity contribution >= 4 is 5.70 Å². The Morgan fingerprint density at radius 1 is 1.28 bits per heavy atom. The van der Waals surface area contributed by atoms with E-state index < -0.39 is 0 Å². The van der Waals surface area contributed by atoms with Gasteiger partial charge in [-0.3, -0.25) is 4.98 Å². The molecule has 1 radical (unpaired) electrons. The summed E-state index contributed by atoms with van der Waals surface area (Å²) in [5.74, 6) is 0. The van der Waals surface area contributed by atoms with Crippen LogP contribution in [0.2, 0.25) is 0 Å². The fourth-order valence-corrected chi connectivity index (χ4v) is 1.27. The van der Waals surface area contributed by atoms with Crippen molar-refractivity contribution in [2.75, 3.05) is 0 Å². The van der Waals surface area contributed by atoms with Crippen LogP contribution in [0.25, 0.3) is 11.0 Å². The molecule has 1 aliphatic heterocycles. The van der Waals surface area contributed by atoms with Gasteiger partial charge >= 0.3 is 19.5 Å². The SMILES string of the molecule is C.C/C=C1/C=CC=C(c2ccccn2)[N-]1.[CH3-].[La].[RuH+2]. The van der Waals surface area contributed by atoms with E-state index in [0.29, 0.717) is 0 Å². The van der Waals surface area contributed by atoms with Gasteiger partial charge in [-0.25, -0.2) is 0 Å². The molecule has 2 nitrogen and oxygen atoms in total. The second-order valence-corrected chi connectivity index (χ2v) is 2.95. The topological polar surface area (TPSA) is 27.0 Å². The van der Waals surface area contributed by atoms with E-state index in [1.165, 1.54) is 0 Å². The van der Waals surface area contributed by atoms with Gasteiger partial charge in [0.05, 0.1) is 0 Å². The molecule has 0 aromatic carbocycles. The van der Waals surface area contributed by atoms with Crippen LogP contribution >= 0.6 is 0 Å². The molecule has 1 aromatic heterocycles. The number of allylic oxidation sites excluding steroid dienone is 4. The summed E-state index contributed by atoms with van der Waals surface area (Å²) in [6.45, 7) is 1.98. The van der Waals surface area contributed by atoms with Crippen LogP contribution in [0.1, 0.15) is 20.0 Å². The molecule has 4 heteroatoms. The predicted octanol–water partition coefficient (Wildman–Crippen LogP) is 4.09. The normalized spacial score (nSPS) is 13.8. The molecule has 0 saturated carbocycles. The van der Waals surface area contributed by atoms with Crippen LogP contribution < -0.4 is 0 Å². The Balaban J connectivity index is -0.000000562. The molecule has 2 rings (SSSR count). The van der Waals surface area contributed by atoms with Gasteiger partial charge in [0.1, 0.15) is 0 Å². The van der Waals surface area contributed by atoms with E-state index in [9.17, 15) is 0 Å². The van der Waals surface area contributed by atoms with Crippen molar-refractivity contribution in [3.63, 3.8) is 0 Å². The van der Waals surface area contributed by atoms with E-state index in [1.807, 2.05) is 49.4 Å². The molecule has 0 unspecified atom stereocenters. The quantitative estimate of drug-likeness (QED) is 0.463. The van der Waals surface area contributed by atoms with Crippen molar-refractivity contribution in [2.24, 2.45) is 0 Å². The van der Waals surface area contributed by atoms with Gasteiger partial charge in [-0.15, -0.1) is 17.5 Å². The van der Waals surface area contributed by atoms with Gasteiger partial charge in [-0.05, 0) is 19.1 Å². The second kappa shape index (κ2) is 12.0. The molecule has 1 aromatic rings. The van der Waals surface area contributed by atoms with Crippen molar-refractivity contribution in [3.05, 3.63) is 72.8 Å². The summed E-state index contributed by atoms with van der Waals surface area (Å²) >= 11 is 0. The van der Waals surface area contributed by atoms with Gasteiger partial charge < -0.3 is 12.7 Å². The molecule has 0 spiro atoms. The summed E-state index contributed by atoms with van der Waals surface area (Å²) in [5, 5.41) is 4.44. The van der Waals surface area contributed by atoms with Gasteiger partial charge in [-0.1, -0.05) is 31.7 Å². The first-order valence-electron chi connectivity index (χ1n) is 4.58. The van der Waals surface area contributed by atoms with Crippen molar-refractivity contribution < 1.29 is 55.1 Å². The molecule has 0 atom stereocenters. The second-order valence-electron chi connectivity index (χ2n) is 2.95. The average Bonchev–Trinajstić information content (AvgIpc) is 2.30. The summed E-state index contributed by atoms with van der Waals surface area (Å²) in [6, 6.07) is 5.83. The first-order valence-corrected chi connectivity index (χ1v) is 4.58. The first-order chi connectivity index (χ1) is 6.90. The van der Waals surface area contributed by atoms with E-state index in [-0.39, 0.29) is 69.9 Å². The Morgan fingerprint density at radius 3 is 2.56 bits per heavy atom. The summed E-state index contributed by atoms with van der Waals surface area (Å²) in [5.41, 5.74) is 2.81. The van der Waals surface area contributed by atoms with E-state index in [0.717, 1.165) is 17.1 Å². The van der Waals surface area contributed by atoms with Crippen LogP contribution in [0.4, 0.5) is 0 Å². The number of aromatic nitrogens is 1. The van der Waals surface area contributed by atoms with Gasteiger partial charge in [0, 0.05) is 47.5 Å². The Bertz CT molecular complexity index is 411. The fourth-order valence-electron chi connectivity index (χ4n) is 1.27. The zero-order valence-electron chi connectivity index (χ0n) is 9.97. The molecule has 0 amide bonds. The van der Waals surface area contributed by atoms with Gasteiger partial charge in [0.25, 0.3) is 0 Å². The van der Waals surface area contributed by atoms with Gasteiger partial charge in [0.2, 0.25) is 0 Å². The molecular weight excluding hydrogens is 436 g/mol. The number of hydrogen-bond donors (Lipinski definition) is 0. The van der Waals surface area contributed by atoms with Crippen LogP contribution in [0.5, 0.6) is 0 Å². The predicted molar refractivity (Wildman–Crippen MR) is 73.0 cm³/mol. The summed E-state index contributed by atoms with van der Waals surface area (Å²) in [6.07, 6.45) is 9.69. The third-order valence-electron chi connectivity index (χ3n) is 1.99. The Labute approximate surface area is 151 Å². The van der Waals surface area contributed by atoms with E-state index in [1.54, 1.807) is 6.20 Å². The average molecular weight is 455 g/mol. The fraction of sp³-hybridized carbons (Fsp3) is 0.143. The van der Waals surface area contributed by atoms with Crippen LogP contribution in [0, 0.1) is 43.0 Å². The number of hydrogen-bond acceptors (Lipinski definition) is 1. The van der Waals surface area contributed by atoms with Crippen molar-refractivity contribution in [1.82, 2.24) is 4.98 Å². The van der Waals surface area contributed by atoms with Crippen molar-refractivity contribution in [1.29, 1.82) is 0 Å². The van der Waals surface area contributed by atoms with Crippen molar-refractivity contribution in [2.45, 2.75) is 14.4 Å². The molecule has 1 aliphatic rings. The van der Waals surface area contributed by atoms with E-state index >= 15 is 0 Å². The summed E-state index contributed by atoms with van der Waals surface area (Å²) in [4.78, 5) is 4.25. The minimum absolute atomic E-state index is 0. The Hall–Kier alpha value is -0.0118. The minimum atomic E-state index is 0. The van der Waals surface area contributed by atoms with Gasteiger partial charge in [0.15, 0.2) is 0 Å². The number of nitrogens with zero attached hydrogens (tertiary/aromatic N) is 2. The summed E-state index contributed by atoms with van der Waals surface area (Å²) < 4.78 is 0. The molecule has 0 fully saturated rings. The maximum absolute atomic E-state index is 4.44. The Morgan fingerprint density at radius 2 is 2.00 bits per heavy atom. The zero-order chi connectivity index (χ0) is 9.80. The molecule has 18 heavy (non-hydrogen) atoms. The standard InChI is InChI=1S/C12H11N2.CH4.CH3.La.Ru.H/c1-2-10-6-5-8-12(14-10)11-7-3-4-9-13-11;;;;;/h2-9H,1H3;1H4;1H3;;;/q-1;;-1;;+2;/b10-2-;;;;;. The Kier molecular flexibility index (Phi) is 15.5. The molecule has 0 aliphatic carbocycles. The van der Waals surface area contributed by atoms with Crippen LogP contribution in [-0.2, 0) is 19.5 Å². The maximum atomic E-state index is 4.44. The first kappa shape index (κ1) is 23.1.